The first-order chi connectivity index (χ1) is 18.7. The molecule has 0 spiro atoms. The number of likely N-dealkylation sites (tertiary alicyclic amines) is 2. The fraction of sp³-hybridized carbons (Fsp3) is 1.00. The first-order valence-corrected chi connectivity index (χ1v) is 17.2. The smallest absolute Gasteiger partial charge is 0.0145 e. The lowest BCUT2D eigenvalue weighted by Crippen LogP contribution is -2.63. The van der Waals surface area contributed by atoms with E-state index in [0.717, 1.165) is 24.2 Å². The first kappa shape index (κ1) is 32.7. The van der Waals surface area contributed by atoms with E-state index in [1.54, 1.807) is 0 Å². The predicted octanol–water partition coefficient (Wildman–Crippen LogP) is 5.27. The topological polar surface area (TPSA) is 54.6 Å². The molecule has 4 N–H and O–H groups in total. The Morgan fingerprint density at radius 2 is 0.800 bits per heavy atom. The number of nitrogens with one attached hydrogen (secondary N) is 4. The van der Waals surface area contributed by atoms with E-state index < -0.39 is 0 Å². The van der Waals surface area contributed by atoms with Crippen molar-refractivity contribution in [2.75, 3.05) is 39.3 Å². The van der Waals surface area contributed by atoms with E-state index in [1.165, 1.54) is 116 Å². The molecule has 0 atom stereocenters. The zero-order valence-electron chi connectivity index (χ0n) is 27.9. The Bertz CT molecular complexity index is 664. The number of nitrogens with zero attached hydrogens (tertiary/aromatic N) is 2. The molecule has 0 amide bonds. The summed E-state index contributed by atoms with van der Waals surface area (Å²) in [6.07, 6.45) is 15.8. The maximum absolute atomic E-state index is 3.90. The van der Waals surface area contributed by atoms with Crippen LogP contribution in [-0.2, 0) is 0 Å². The van der Waals surface area contributed by atoms with Gasteiger partial charge in [-0.3, -0.25) is 0 Å². The van der Waals surface area contributed by atoms with Crippen molar-refractivity contribution in [2.45, 2.75) is 179 Å². The molecule has 0 bridgehead atoms. The number of rotatable bonds is 11. The minimum atomic E-state index is 0.247. The van der Waals surface area contributed by atoms with Gasteiger partial charge in [0.05, 0.1) is 0 Å². The van der Waals surface area contributed by atoms with Crippen LogP contribution < -0.4 is 21.3 Å². The molecule has 0 radical (unpaired) electrons. The second kappa shape index (κ2) is 13.6. The van der Waals surface area contributed by atoms with Crippen molar-refractivity contribution in [3.63, 3.8) is 0 Å². The Labute approximate surface area is 248 Å². The van der Waals surface area contributed by atoms with Gasteiger partial charge in [-0.05, 0) is 159 Å². The minimum Gasteiger partial charge on any atom is -0.314 e. The highest BCUT2D eigenvalue weighted by molar-refractivity contribution is 5.02. The molecule has 4 saturated heterocycles. The second-order valence-corrected chi connectivity index (χ2v) is 16.9. The van der Waals surface area contributed by atoms with Gasteiger partial charge in [0.15, 0.2) is 0 Å². The number of hydrogen-bond donors (Lipinski definition) is 4. The lowest BCUT2D eigenvalue weighted by Gasteiger charge is -2.51. The summed E-state index contributed by atoms with van der Waals surface area (Å²) in [6, 6.07) is 2.94. The number of hydrogen-bond acceptors (Lipinski definition) is 6. The van der Waals surface area contributed by atoms with Crippen LogP contribution in [0.1, 0.15) is 132 Å². The van der Waals surface area contributed by atoms with E-state index in [0.29, 0.717) is 0 Å². The molecule has 234 valence electrons. The van der Waals surface area contributed by atoms with Crippen molar-refractivity contribution in [1.82, 2.24) is 31.1 Å². The predicted molar refractivity (Wildman–Crippen MR) is 172 cm³/mol. The Morgan fingerprint density at radius 1 is 0.500 bits per heavy atom. The van der Waals surface area contributed by atoms with Crippen LogP contribution in [0.4, 0.5) is 0 Å². The molecular formula is C34H68N6. The van der Waals surface area contributed by atoms with Gasteiger partial charge in [0.2, 0.25) is 0 Å². The summed E-state index contributed by atoms with van der Waals surface area (Å²) >= 11 is 0. The van der Waals surface area contributed by atoms with Gasteiger partial charge >= 0.3 is 0 Å². The van der Waals surface area contributed by atoms with E-state index in [4.69, 9.17) is 0 Å². The lowest BCUT2D eigenvalue weighted by atomic mass is 9.78. The Hall–Kier alpha value is -0.240. The highest BCUT2D eigenvalue weighted by atomic mass is 15.2. The van der Waals surface area contributed by atoms with Crippen molar-refractivity contribution >= 4 is 0 Å². The van der Waals surface area contributed by atoms with E-state index in [9.17, 15) is 0 Å². The molecule has 6 heteroatoms. The average Bonchev–Trinajstić information content (AvgIpc) is 2.82. The summed E-state index contributed by atoms with van der Waals surface area (Å²) in [5, 5.41) is 15.5. The van der Waals surface area contributed by atoms with E-state index >= 15 is 0 Å². The van der Waals surface area contributed by atoms with Gasteiger partial charge in [0.1, 0.15) is 0 Å². The van der Waals surface area contributed by atoms with Crippen LogP contribution in [0.5, 0.6) is 0 Å². The molecule has 4 fully saturated rings. The summed E-state index contributed by atoms with van der Waals surface area (Å²) in [6.45, 7) is 26.5. The molecule has 0 aromatic carbocycles. The lowest BCUT2D eigenvalue weighted by molar-refractivity contribution is 0.0484. The number of piperidine rings is 4. The maximum Gasteiger partial charge on any atom is 0.0145 e. The van der Waals surface area contributed by atoms with Gasteiger partial charge in [-0.2, -0.15) is 0 Å². The molecule has 4 aliphatic heterocycles. The molecule has 4 heterocycles. The molecule has 0 aromatic rings. The third-order valence-electron chi connectivity index (χ3n) is 10.4. The number of unbranched alkanes of at least 4 members (excludes halogenated alkanes) is 3. The molecule has 0 unspecified atom stereocenters. The van der Waals surface area contributed by atoms with Crippen LogP contribution in [0, 0.1) is 0 Å². The zero-order valence-corrected chi connectivity index (χ0v) is 27.9. The third-order valence-corrected chi connectivity index (χ3v) is 10.4. The van der Waals surface area contributed by atoms with Crippen molar-refractivity contribution < 1.29 is 0 Å². The van der Waals surface area contributed by atoms with E-state index in [1.807, 2.05) is 0 Å². The van der Waals surface area contributed by atoms with Crippen LogP contribution >= 0.6 is 0 Å². The standard InChI is InChI=1S/C34H68N6/c1-31(2)23-29(24-32(3,4)37-31)39-19-13-27(14-20-39)35-17-11-9-10-12-18-36-28-15-21-40(22-16-28)30-25-33(5,6)38-34(7,8)26-30/h27-30,35-38H,9-26H2,1-8H3. The van der Waals surface area contributed by atoms with Crippen molar-refractivity contribution in [2.24, 2.45) is 0 Å². The van der Waals surface area contributed by atoms with Crippen molar-refractivity contribution in [3.05, 3.63) is 0 Å². The quantitative estimate of drug-likeness (QED) is 0.258. The third kappa shape index (κ3) is 10.2. The highest BCUT2D eigenvalue weighted by Crippen LogP contribution is 2.34. The van der Waals surface area contributed by atoms with Gasteiger partial charge in [0, 0.05) is 46.3 Å². The van der Waals surface area contributed by atoms with E-state index in [-0.39, 0.29) is 22.2 Å². The first-order valence-electron chi connectivity index (χ1n) is 17.2. The van der Waals surface area contributed by atoms with Crippen LogP contribution in [0.3, 0.4) is 0 Å². The summed E-state index contributed by atoms with van der Waals surface area (Å²) < 4.78 is 0. The summed E-state index contributed by atoms with van der Waals surface area (Å²) in [7, 11) is 0. The Balaban J connectivity index is 0.996. The fourth-order valence-corrected chi connectivity index (χ4v) is 9.21. The largest absolute Gasteiger partial charge is 0.314 e. The summed E-state index contributed by atoms with van der Waals surface area (Å²) in [4.78, 5) is 5.60. The molecule has 4 aliphatic rings. The Kier molecular flexibility index (Phi) is 11.1. The second-order valence-electron chi connectivity index (χ2n) is 16.9. The van der Waals surface area contributed by atoms with Gasteiger partial charge in [0.25, 0.3) is 0 Å². The van der Waals surface area contributed by atoms with Gasteiger partial charge in [-0.15, -0.1) is 0 Å². The molecule has 0 saturated carbocycles. The minimum absolute atomic E-state index is 0.247. The molecule has 0 aliphatic carbocycles. The molecule has 0 aromatic heterocycles. The monoisotopic (exact) mass is 561 g/mol. The molecular weight excluding hydrogens is 492 g/mol. The SMILES string of the molecule is CC1(C)CC(N2CCC(NCCCCCCNC3CCN(C4CC(C)(C)NC(C)(C)C4)CC3)CC2)CC(C)(C)N1. The fourth-order valence-electron chi connectivity index (χ4n) is 9.21. The summed E-state index contributed by atoms with van der Waals surface area (Å²) in [5.41, 5.74) is 0.986. The highest BCUT2D eigenvalue weighted by Gasteiger charge is 2.41. The van der Waals surface area contributed by atoms with Crippen molar-refractivity contribution in [1.29, 1.82) is 0 Å². The average molecular weight is 561 g/mol. The van der Waals surface area contributed by atoms with Crippen LogP contribution in [-0.4, -0.2) is 95.4 Å². The maximum atomic E-state index is 3.90. The summed E-state index contributed by atoms with van der Waals surface area (Å²) in [5.74, 6) is 0. The van der Waals surface area contributed by atoms with Crippen LogP contribution in [0.15, 0.2) is 0 Å². The van der Waals surface area contributed by atoms with Crippen LogP contribution in [0.2, 0.25) is 0 Å². The molecule has 4 rings (SSSR count). The van der Waals surface area contributed by atoms with Gasteiger partial charge in [-0.1, -0.05) is 12.8 Å². The van der Waals surface area contributed by atoms with Crippen molar-refractivity contribution in [3.8, 4) is 0 Å². The Morgan fingerprint density at radius 3 is 1.10 bits per heavy atom. The van der Waals surface area contributed by atoms with Crippen LogP contribution in [0.25, 0.3) is 0 Å². The van der Waals surface area contributed by atoms with E-state index in [2.05, 4.69) is 86.5 Å². The normalized spacial score (nSPS) is 29.1. The zero-order chi connectivity index (χ0) is 29.0. The molecule has 40 heavy (non-hydrogen) atoms. The van der Waals surface area contributed by atoms with Gasteiger partial charge < -0.3 is 31.1 Å². The molecule has 6 nitrogen and oxygen atoms in total. The van der Waals surface area contributed by atoms with Gasteiger partial charge in [-0.25, -0.2) is 0 Å².